The molecule has 0 unspecified atom stereocenters. The molecule has 2 N–H and O–H groups in total. The summed E-state index contributed by atoms with van der Waals surface area (Å²) >= 11 is 0. The molecule has 0 radical (unpaired) electrons. The van der Waals surface area contributed by atoms with Crippen molar-refractivity contribution in [1.82, 2.24) is 0 Å². The van der Waals surface area contributed by atoms with Crippen molar-refractivity contribution in [3.05, 3.63) is 29.3 Å². The predicted molar refractivity (Wildman–Crippen MR) is 72.8 cm³/mol. The number of nitrogens with one attached hydrogen (secondary N) is 1. The minimum atomic E-state index is -1.06. The van der Waals surface area contributed by atoms with Crippen LogP contribution < -0.4 is 5.32 Å². The van der Waals surface area contributed by atoms with E-state index in [2.05, 4.69) is 5.32 Å². The second kappa shape index (κ2) is 6.78. The van der Waals surface area contributed by atoms with Crippen LogP contribution in [0, 0.1) is 0 Å². The summed E-state index contributed by atoms with van der Waals surface area (Å²) in [7, 11) is 0. The zero-order valence-electron chi connectivity index (χ0n) is 11.4. The maximum atomic E-state index is 11.5. The van der Waals surface area contributed by atoms with Crippen LogP contribution >= 0.6 is 0 Å². The standard InChI is InChI=1S/C14H19NO4/c1-4-8-19-14(18)15-11-7-5-6-10(9(2)3)12(11)13(16)17/h5-7,9H,4,8H2,1-3H3,(H,15,18)(H,16,17). The lowest BCUT2D eigenvalue weighted by Gasteiger charge is -2.14. The molecular weight excluding hydrogens is 246 g/mol. The van der Waals surface area contributed by atoms with E-state index >= 15 is 0 Å². The van der Waals surface area contributed by atoms with Crippen molar-refractivity contribution in [3.8, 4) is 0 Å². The fraction of sp³-hybridized carbons (Fsp3) is 0.429. The number of rotatable bonds is 5. The van der Waals surface area contributed by atoms with Gasteiger partial charge in [-0.1, -0.05) is 32.9 Å². The summed E-state index contributed by atoms with van der Waals surface area (Å²) in [6.07, 6.45) is 0.0795. The van der Waals surface area contributed by atoms with E-state index in [1.807, 2.05) is 20.8 Å². The molecular formula is C14H19NO4. The van der Waals surface area contributed by atoms with Crippen LogP contribution in [-0.4, -0.2) is 23.8 Å². The first-order chi connectivity index (χ1) is 8.97. The number of aromatic carboxylic acids is 1. The molecule has 0 saturated heterocycles. The first-order valence-corrected chi connectivity index (χ1v) is 6.27. The normalized spacial score (nSPS) is 10.3. The molecule has 0 aliphatic carbocycles. The number of carboxylic acid groups (broad SMARTS) is 1. The monoisotopic (exact) mass is 265 g/mol. The minimum Gasteiger partial charge on any atom is -0.478 e. The molecule has 19 heavy (non-hydrogen) atoms. The highest BCUT2D eigenvalue weighted by molar-refractivity contribution is 6.00. The number of carboxylic acids is 1. The van der Waals surface area contributed by atoms with Crippen molar-refractivity contribution in [2.45, 2.75) is 33.1 Å². The van der Waals surface area contributed by atoms with Gasteiger partial charge in [0.15, 0.2) is 0 Å². The van der Waals surface area contributed by atoms with Gasteiger partial charge in [0.05, 0.1) is 17.9 Å². The van der Waals surface area contributed by atoms with Gasteiger partial charge < -0.3 is 9.84 Å². The van der Waals surface area contributed by atoms with Crippen LogP contribution in [0.4, 0.5) is 10.5 Å². The molecule has 0 aliphatic heterocycles. The smallest absolute Gasteiger partial charge is 0.411 e. The van der Waals surface area contributed by atoms with Gasteiger partial charge in [0.1, 0.15) is 0 Å². The van der Waals surface area contributed by atoms with Gasteiger partial charge in [-0.05, 0) is 24.0 Å². The second-order valence-corrected chi connectivity index (χ2v) is 4.49. The van der Waals surface area contributed by atoms with Crippen molar-refractivity contribution in [2.24, 2.45) is 0 Å². The summed E-state index contributed by atoms with van der Waals surface area (Å²) in [4.78, 5) is 22.9. The van der Waals surface area contributed by atoms with Crippen molar-refractivity contribution in [2.75, 3.05) is 11.9 Å². The first-order valence-electron chi connectivity index (χ1n) is 6.27. The van der Waals surface area contributed by atoms with Crippen LogP contribution in [0.25, 0.3) is 0 Å². The molecule has 0 fully saturated rings. The Morgan fingerprint density at radius 1 is 1.37 bits per heavy atom. The number of carbonyl (C=O) groups excluding carboxylic acids is 1. The van der Waals surface area contributed by atoms with Gasteiger partial charge in [-0.25, -0.2) is 9.59 Å². The zero-order chi connectivity index (χ0) is 14.4. The summed E-state index contributed by atoms with van der Waals surface area (Å²) in [5.74, 6) is -1.00. The Balaban J connectivity index is 3.03. The largest absolute Gasteiger partial charge is 0.478 e. The van der Waals surface area contributed by atoms with Gasteiger partial charge >= 0.3 is 12.1 Å². The average molecular weight is 265 g/mol. The number of carbonyl (C=O) groups is 2. The molecule has 0 heterocycles. The number of hydrogen-bond donors (Lipinski definition) is 2. The molecule has 1 aromatic rings. The van der Waals surface area contributed by atoms with Crippen molar-refractivity contribution < 1.29 is 19.4 Å². The second-order valence-electron chi connectivity index (χ2n) is 4.49. The molecule has 0 spiro atoms. The summed E-state index contributed by atoms with van der Waals surface area (Å²) in [5, 5.41) is 11.8. The maximum Gasteiger partial charge on any atom is 0.411 e. The van der Waals surface area contributed by atoms with Crippen molar-refractivity contribution in [3.63, 3.8) is 0 Å². The average Bonchev–Trinajstić information content (AvgIpc) is 2.35. The third-order valence-electron chi connectivity index (χ3n) is 2.61. The number of ether oxygens (including phenoxy) is 1. The quantitative estimate of drug-likeness (QED) is 0.854. The molecule has 1 amide bonds. The molecule has 5 nitrogen and oxygen atoms in total. The lowest BCUT2D eigenvalue weighted by molar-refractivity contribution is 0.0696. The lowest BCUT2D eigenvalue weighted by atomic mass is 9.96. The zero-order valence-corrected chi connectivity index (χ0v) is 11.4. The molecule has 0 aromatic heterocycles. The number of benzene rings is 1. The molecule has 104 valence electrons. The maximum absolute atomic E-state index is 11.5. The first kappa shape index (κ1) is 15.0. The van der Waals surface area contributed by atoms with Gasteiger partial charge in [-0.15, -0.1) is 0 Å². The van der Waals surface area contributed by atoms with Gasteiger partial charge in [0, 0.05) is 0 Å². The highest BCUT2D eigenvalue weighted by Crippen LogP contribution is 2.26. The Morgan fingerprint density at radius 2 is 2.05 bits per heavy atom. The molecule has 5 heteroatoms. The van der Waals surface area contributed by atoms with E-state index in [9.17, 15) is 14.7 Å². The summed E-state index contributed by atoms with van der Waals surface area (Å²) in [6, 6.07) is 5.02. The predicted octanol–water partition coefficient (Wildman–Crippen LogP) is 3.47. The number of anilines is 1. The topological polar surface area (TPSA) is 75.6 Å². The van der Waals surface area contributed by atoms with E-state index in [0.29, 0.717) is 18.6 Å². The molecule has 0 aliphatic rings. The van der Waals surface area contributed by atoms with E-state index < -0.39 is 12.1 Å². The Hall–Kier alpha value is -2.04. The third kappa shape index (κ3) is 3.98. The van der Waals surface area contributed by atoms with E-state index in [4.69, 9.17) is 4.74 Å². The van der Waals surface area contributed by atoms with Gasteiger partial charge in [-0.2, -0.15) is 0 Å². The molecule has 0 bridgehead atoms. The molecule has 0 atom stereocenters. The summed E-state index contributed by atoms with van der Waals surface area (Å²) < 4.78 is 4.89. The van der Waals surface area contributed by atoms with Crippen LogP contribution in [0.15, 0.2) is 18.2 Å². The highest BCUT2D eigenvalue weighted by atomic mass is 16.5. The van der Waals surface area contributed by atoms with Gasteiger partial charge in [0.25, 0.3) is 0 Å². The van der Waals surface area contributed by atoms with Gasteiger partial charge in [-0.3, -0.25) is 5.32 Å². The lowest BCUT2D eigenvalue weighted by Crippen LogP contribution is -2.17. The van der Waals surface area contributed by atoms with Crippen molar-refractivity contribution in [1.29, 1.82) is 0 Å². The summed E-state index contributed by atoms with van der Waals surface area (Å²) in [5.41, 5.74) is 1.06. The Labute approximate surface area is 112 Å². The molecule has 0 saturated carbocycles. The molecule has 1 rings (SSSR count). The fourth-order valence-electron chi connectivity index (χ4n) is 1.73. The van der Waals surface area contributed by atoms with Crippen LogP contribution in [0.5, 0.6) is 0 Å². The van der Waals surface area contributed by atoms with E-state index in [-0.39, 0.29) is 17.2 Å². The van der Waals surface area contributed by atoms with Crippen LogP contribution in [0.2, 0.25) is 0 Å². The van der Waals surface area contributed by atoms with E-state index in [1.165, 1.54) is 0 Å². The van der Waals surface area contributed by atoms with Crippen LogP contribution in [0.3, 0.4) is 0 Å². The summed E-state index contributed by atoms with van der Waals surface area (Å²) in [6.45, 7) is 6.00. The number of amides is 1. The van der Waals surface area contributed by atoms with Crippen molar-refractivity contribution >= 4 is 17.7 Å². The Morgan fingerprint density at radius 3 is 2.58 bits per heavy atom. The van der Waals surface area contributed by atoms with E-state index in [1.54, 1.807) is 18.2 Å². The van der Waals surface area contributed by atoms with Crippen LogP contribution in [0.1, 0.15) is 49.0 Å². The SMILES string of the molecule is CCCOC(=O)Nc1cccc(C(C)C)c1C(=O)O. The highest BCUT2D eigenvalue weighted by Gasteiger charge is 2.18. The molecule has 1 aromatic carbocycles. The Bertz CT molecular complexity index is 469. The van der Waals surface area contributed by atoms with Crippen LogP contribution in [-0.2, 0) is 4.74 Å². The fourth-order valence-corrected chi connectivity index (χ4v) is 1.73. The Kier molecular flexibility index (Phi) is 5.36. The third-order valence-corrected chi connectivity index (χ3v) is 2.61. The number of hydrogen-bond acceptors (Lipinski definition) is 3. The van der Waals surface area contributed by atoms with E-state index in [0.717, 1.165) is 0 Å². The minimum absolute atomic E-state index is 0.0551. The van der Waals surface area contributed by atoms with Gasteiger partial charge in [0.2, 0.25) is 0 Å².